The highest BCUT2D eigenvalue weighted by atomic mass is 16.6. The molecule has 1 rings (SSSR count). The zero-order chi connectivity index (χ0) is 13.0. The topological polar surface area (TPSA) is 127 Å². The average molecular weight is 242 g/mol. The molecule has 0 saturated carbocycles. The van der Waals surface area contributed by atoms with Gasteiger partial charge < -0.3 is 10.4 Å². The molecule has 9 nitrogen and oxygen atoms in total. The lowest BCUT2D eigenvalue weighted by molar-refractivity contribution is -0.385. The molecule has 0 atom stereocenters. The van der Waals surface area contributed by atoms with E-state index in [2.05, 4.69) is 10.4 Å². The van der Waals surface area contributed by atoms with Crippen LogP contribution in [0, 0.1) is 10.1 Å². The molecular formula is C8H10N4O5. The van der Waals surface area contributed by atoms with Crippen LogP contribution in [0.2, 0.25) is 0 Å². The van der Waals surface area contributed by atoms with E-state index in [-0.39, 0.29) is 6.54 Å². The Morgan fingerprint density at radius 1 is 1.65 bits per heavy atom. The van der Waals surface area contributed by atoms with Crippen LogP contribution in [0.25, 0.3) is 0 Å². The zero-order valence-corrected chi connectivity index (χ0v) is 8.91. The molecule has 1 amide bonds. The van der Waals surface area contributed by atoms with Crippen molar-refractivity contribution < 1.29 is 19.6 Å². The number of carbonyl (C=O) groups is 2. The SMILES string of the molecule is CCNC(=O)Cn1cc([N+](=O)[O-])c(C(=O)O)n1. The van der Waals surface area contributed by atoms with Gasteiger partial charge in [0.1, 0.15) is 12.7 Å². The van der Waals surface area contributed by atoms with E-state index in [4.69, 9.17) is 5.11 Å². The van der Waals surface area contributed by atoms with Gasteiger partial charge in [-0.1, -0.05) is 0 Å². The second-order valence-corrected chi connectivity index (χ2v) is 3.08. The van der Waals surface area contributed by atoms with Crippen LogP contribution in [0.5, 0.6) is 0 Å². The minimum absolute atomic E-state index is 0.262. The first-order valence-electron chi connectivity index (χ1n) is 4.67. The van der Waals surface area contributed by atoms with Crippen molar-refractivity contribution in [1.29, 1.82) is 0 Å². The lowest BCUT2D eigenvalue weighted by atomic mass is 10.4. The van der Waals surface area contributed by atoms with Crippen LogP contribution in [0.4, 0.5) is 5.69 Å². The summed E-state index contributed by atoms with van der Waals surface area (Å²) in [5.41, 5.74) is -1.32. The first kappa shape index (κ1) is 12.6. The summed E-state index contributed by atoms with van der Waals surface area (Å²) in [6.07, 6.45) is 0.915. The van der Waals surface area contributed by atoms with Gasteiger partial charge >= 0.3 is 11.7 Å². The number of rotatable bonds is 5. The molecule has 0 aliphatic heterocycles. The third-order valence-electron chi connectivity index (χ3n) is 1.82. The molecular weight excluding hydrogens is 232 g/mol. The van der Waals surface area contributed by atoms with Crippen LogP contribution in [0.15, 0.2) is 6.20 Å². The number of aromatic nitrogens is 2. The van der Waals surface area contributed by atoms with Gasteiger partial charge in [-0.05, 0) is 6.92 Å². The number of amides is 1. The van der Waals surface area contributed by atoms with E-state index in [1.54, 1.807) is 6.92 Å². The summed E-state index contributed by atoms with van der Waals surface area (Å²) >= 11 is 0. The molecule has 2 N–H and O–H groups in total. The van der Waals surface area contributed by atoms with E-state index in [0.717, 1.165) is 10.9 Å². The number of carboxylic acids is 1. The highest BCUT2D eigenvalue weighted by Gasteiger charge is 2.25. The predicted octanol–water partition coefficient (Wildman–Crippen LogP) is -0.374. The summed E-state index contributed by atoms with van der Waals surface area (Å²) in [5, 5.41) is 25.2. The largest absolute Gasteiger partial charge is 0.476 e. The van der Waals surface area contributed by atoms with Crippen molar-refractivity contribution in [3.05, 3.63) is 22.0 Å². The summed E-state index contributed by atoms with van der Waals surface area (Å²) in [5.74, 6) is -1.91. The van der Waals surface area contributed by atoms with E-state index in [0.29, 0.717) is 6.54 Å². The third-order valence-corrected chi connectivity index (χ3v) is 1.82. The molecule has 0 fully saturated rings. The first-order valence-corrected chi connectivity index (χ1v) is 4.67. The van der Waals surface area contributed by atoms with Crippen LogP contribution in [0.1, 0.15) is 17.4 Å². The van der Waals surface area contributed by atoms with E-state index in [1.807, 2.05) is 0 Å². The fourth-order valence-corrected chi connectivity index (χ4v) is 1.18. The number of likely N-dealkylation sites (N-methyl/N-ethyl adjacent to an activating group) is 1. The molecule has 0 bridgehead atoms. The number of nitrogens with zero attached hydrogens (tertiary/aromatic N) is 3. The van der Waals surface area contributed by atoms with E-state index in [1.165, 1.54) is 0 Å². The lowest BCUT2D eigenvalue weighted by Crippen LogP contribution is -2.27. The molecule has 0 unspecified atom stereocenters. The number of carboxylic acid groups (broad SMARTS) is 1. The number of aromatic carboxylic acids is 1. The highest BCUT2D eigenvalue weighted by molar-refractivity contribution is 5.90. The molecule has 17 heavy (non-hydrogen) atoms. The van der Waals surface area contributed by atoms with Gasteiger partial charge in [-0.15, -0.1) is 0 Å². The Balaban J connectivity index is 2.96. The molecule has 0 spiro atoms. The molecule has 9 heteroatoms. The quantitative estimate of drug-likeness (QED) is 0.535. The normalized spacial score (nSPS) is 9.94. The number of nitrogens with one attached hydrogen (secondary N) is 1. The molecule has 0 aliphatic carbocycles. The van der Waals surface area contributed by atoms with Crippen LogP contribution in [-0.4, -0.2) is 38.2 Å². The Morgan fingerprint density at radius 3 is 2.71 bits per heavy atom. The van der Waals surface area contributed by atoms with Crippen molar-refractivity contribution in [2.45, 2.75) is 13.5 Å². The molecule has 1 heterocycles. The van der Waals surface area contributed by atoms with Gasteiger partial charge in [-0.2, -0.15) is 5.10 Å². The number of carbonyl (C=O) groups excluding carboxylic acids is 1. The van der Waals surface area contributed by atoms with Crippen molar-refractivity contribution >= 4 is 17.6 Å². The third kappa shape index (κ3) is 3.00. The highest BCUT2D eigenvalue weighted by Crippen LogP contribution is 2.16. The summed E-state index contributed by atoms with van der Waals surface area (Å²) in [7, 11) is 0. The van der Waals surface area contributed by atoms with Crippen LogP contribution in [-0.2, 0) is 11.3 Å². The van der Waals surface area contributed by atoms with Gasteiger partial charge in [0.25, 0.3) is 0 Å². The van der Waals surface area contributed by atoms with E-state index < -0.39 is 28.2 Å². The second kappa shape index (κ2) is 5.05. The first-order chi connectivity index (χ1) is 7.95. The maximum Gasteiger partial charge on any atom is 0.363 e. The average Bonchev–Trinajstić information content (AvgIpc) is 2.62. The minimum atomic E-state index is -1.51. The summed E-state index contributed by atoms with van der Waals surface area (Å²) in [4.78, 5) is 31.5. The summed E-state index contributed by atoms with van der Waals surface area (Å²) in [6, 6.07) is 0. The van der Waals surface area contributed by atoms with Crippen molar-refractivity contribution in [3.8, 4) is 0 Å². The molecule has 1 aromatic heterocycles. The lowest BCUT2D eigenvalue weighted by Gasteiger charge is -2.00. The fourth-order valence-electron chi connectivity index (χ4n) is 1.18. The maximum absolute atomic E-state index is 11.2. The van der Waals surface area contributed by atoms with Crippen molar-refractivity contribution in [2.24, 2.45) is 0 Å². The molecule has 0 aromatic carbocycles. The van der Waals surface area contributed by atoms with Gasteiger partial charge in [0.05, 0.1) is 4.92 Å². The molecule has 0 radical (unpaired) electrons. The second-order valence-electron chi connectivity index (χ2n) is 3.08. The number of hydrogen-bond acceptors (Lipinski definition) is 5. The van der Waals surface area contributed by atoms with Crippen LogP contribution < -0.4 is 5.32 Å². The van der Waals surface area contributed by atoms with Gasteiger partial charge in [0.2, 0.25) is 11.6 Å². The Morgan fingerprint density at radius 2 is 2.29 bits per heavy atom. The van der Waals surface area contributed by atoms with E-state index in [9.17, 15) is 19.7 Å². The Hall–Kier alpha value is -2.45. The summed E-state index contributed by atoms with van der Waals surface area (Å²) < 4.78 is 0.923. The maximum atomic E-state index is 11.2. The monoisotopic (exact) mass is 242 g/mol. The van der Waals surface area contributed by atoms with Crippen molar-refractivity contribution in [2.75, 3.05) is 6.54 Å². The minimum Gasteiger partial charge on any atom is -0.476 e. The van der Waals surface area contributed by atoms with Gasteiger partial charge in [-0.3, -0.25) is 19.6 Å². The summed E-state index contributed by atoms with van der Waals surface area (Å²) in [6.45, 7) is 1.86. The van der Waals surface area contributed by atoms with E-state index >= 15 is 0 Å². The standard InChI is InChI=1S/C8H10N4O5/c1-2-9-6(13)4-11-3-5(12(16)17)7(10-11)8(14)15/h3H,2,4H2,1H3,(H,9,13)(H,14,15). The van der Waals surface area contributed by atoms with Gasteiger partial charge in [0.15, 0.2) is 0 Å². The van der Waals surface area contributed by atoms with Crippen molar-refractivity contribution in [3.63, 3.8) is 0 Å². The Bertz CT molecular complexity index is 435. The van der Waals surface area contributed by atoms with Crippen LogP contribution >= 0.6 is 0 Å². The number of nitro groups is 1. The molecule has 92 valence electrons. The van der Waals surface area contributed by atoms with Crippen LogP contribution in [0.3, 0.4) is 0 Å². The van der Waals surface area contributed by atoms with Gasteiger partial charge in [0, 0.05) is 6.54 Å². The smallest absolute Gasteiger partial charge is 0.363 e. The Labute approximate surface area is 95.2 Å². The van der Waals surface area contributed by atoms with Crippen molar-refractivity contribution in [1.82, 2.24) is 15.1 Å². The molecule has 0 aliphatic rings. The van der Waals surface area contributed by atoms with Gasteiger partial charge in [-0.25, -0.2) is 4.79 Å². The number of hydrogen-bond donors (Lipinski definition) is 2. The molecule has 0 saturated heterocycles. The Kier molecular flexibility index (Phi) is 3.75. The fraction of sp³-hybridized carbons (Fsp3) is 0.375. The predicted molar refractivity (Wildman–Crippen MR) is 54.5 cm³/mol. The zero-order valence-electron chi connectivity index (χ0n) is 8.91. The molecule has 1 aromatic rings.